The number of carbonyl (C=O) groups is 1. The van der Waals surface area contributed by atoms with Crippen LogP contribution in [-0.2, 0) is 11.3 Å². The third kappa shape index (κ3) is 5.45. The van der Waals surface area contributed by atoms with Gasteiger partial charge in [0.1, 0.15) is 0 Å². The molecule has 4 heterocycles. The summed E-state index contributed by atoms with van der Waals surface area (Å²) in [7, 11) is 0. The minimum absolute atomic E-state index is 0.0402. The lowest BCUT2D eigenvalue weighted by Gasteiger charge is -2.28. The predicted octanol–water partition coefficient (Wildman–Crippen LogP) is 5.25. The van der Waals surface area contributed by atoms with E-state index in [2.05, 4.69) is 50.0 Å². The van der Waals surface area contributed by atoms with Gasteiger partial charge in [0.25, 0.3) is 0 Å². The Labute approximate surface area is 228 Å². The lowest BCUT2D eigenvalue weighted by atomic mass is 9.96. The van der Waals surface area contributed by atoms with Gasteiger partial charge >= 0.3 is 0 Å². The molecule has 1 aliphatic heterocycles. The van der Waals surface area contributed by atoms with Crippen LogP contribution in [0.15, 0.2) is 79.3 Å². The number of nitrogens with one attached hydrogen (secondary N) is 2. The van der Waals surface area contributed by atoms with E-state index in [0.29, 0.717) is 18.1 Å². The summed E-state index contributed by atoms with van der Waals surface area (Å²) in [5.74, 6) is -0.0402. The van der Waals surface area contributed by atoms with Gasteiger partial charge in [0.2, 0.25) is 5.91 Å². The summed E-state index contributed by atoms with van der Waals surface area (Å²) in [5, 5.41) is 7.15. The van der Waals surface area contributed by atoms with Crippen LogP contribution in [0, 0.1) is 20.8 Å². The smallest absolute Gasteiger partial charge is 0.226 e. The van der Waals surface area contributed by atoms with Crippen molar-refractivity contribution in [3.05, 3.63) is 113 Å². The Morgan fingerprint density at radius 2 is 1.84 bits per heavy atom. The first kappa shape index (κ1) is 25.6. The van der Waals surface area contributed by atoms with Crippen molar-refractivity contribution >= 4 is 28.9 Å². The molecule has 1 aliphatic rings. The van der Waals surface area contributed by atoms with Gasteiger partial charge in [0.05, 0.1) is 17.8 Å². The van der Waals surface area contributed by atoms with Crippen LogP contribution in [0.25, 0.3) is 0 Å². The number of aromatic nitrogens is 3. The quantitative estimate of drug-likeness (QED) is 0.307. The van der Waals surface area contributed by atoms with Gasteiger partial charge in [0.15, 0.2) is 5.11 Å². The molecule has 1 fully saturated rings. The number of amides is 1. The van der Waals surface area contributed by atoms with E-state index >= 15 is 0 Å². The number of nitrogens with zero attached hydrogens (tertiary/aromatic N) is 4. The summed E-state index contributed by atoms with van der Waals surface area (Å²) in [5.41, 5.74) is 7.55. The zero-order chi connectivity index (χ0) is 26.6. The summed E-state index contributed by atoms with van der Waals surface area (Å²) in [6.07, 6.45) is 5.77. The summed E-state index contributed by atoms with van der Waals surface area (Å²) in [6.45, 7) is 7.55. The molecule has 194 valence electrons. The number of rotatable bonds is 8. The Balaban J connectivity index is 1.43. The van der Waals surface area contributed by atoms with Crippen LogP contribution in [0.5, 0.6) is 0 Å². The minimum atomic E-state index is -0.126. The fourth-order valence-corrected chi connectivity index (χ4v) is 5.53. The van der Waals surface area contributed by atoms with E-state index < -0.39 is 0 Å². The number of carbonyl (C=O) groups excluding carboxylic acids is 1. The molecule has 38 heavy (non-hydrogen) atoms. The zero-order valence-electron chi connectivity index (χ0n) is 21.9. The molecule has 2 N–H and O–H groups in total. The Hall–Kier alpha value is -4.04. The molecular weight excluding hydrogens is 492 g/mol. The number of hydrogen-bond acceptors (Lipinski definition) is 4. The maximum Gasteiger partial charge on any atom is 0.226 e. The highest BCUT2D eigenvalue weighted by Crippen LogP contribution is 2.41. The van der Waals surface area contributed by atoms with Crippen LogP contribution in [-0.4, -0.2) is 37.0 Å². The standard InChI is InChI=1S/C30H32N6OS/c1-20-7-6-8-24(17-20)33-27(37)12-16-35-29(28(34-30(35)38)26-9-4-5-13-32-26)25-18-21(2)36(22(25)3)19-23-10-14-31-15-11-23/h4-11,13-15,17-18,28-29H,12,16,19H2,1-3H3,(H,33,37)(H,34,38)/t28-,29-/m0/s1. The van der Waals surface area contributed by atoms with E-state index in [4.69, 9.17) is 12.2 Å². The second kappa shape index (κ2) is 11.1. The van der Waals surface area contributed by atoms with Crippen molar-refractivity contribution in [2.24, 2.45) is 0 Å². The average molecular weight is 525 g/mol. The summed E-state index contributed by atoms with van der Waals surface area (Å²) < 4.78 is 2.32. The molecule has 0 radical (unpaired) electrons. The third-order valence-electron chi connectivity index (χ3n) is 7.10. The minimum Gasteiger partial charge on any atom is -0.352 e. The molecule has 5 rings (SSSR count). The van der Waals surface area contributed by atoms with Crippen molar-refractivity contribution in [3.8, 4) is 0 Å². The molecular formula is C30H32N6OS. The molecule has 8 heteroatoms. The first-order valence-electron chi connectivity index (χ1n) is 12.8. The lowest BCUT2D eigenvalue weighted by molar-refractivity contribution is -0.116. The second-order valence-electron chi connectivity index (χ2n) is 9.76. The predicted molar refractivity (Wildman–Crippen MR) is 154 cm³/mol. The largest absolute Gasteiger partial charge is 0.352 e. The Morgan fingerprint density at radius 1 is 1.03 bits per heavy atom. The van der Waals surface area contributed by atoms with Crippen molar-refractivity contribution in [3.63, 3.8) is 0 Å². The van der Waals surface area contributed by atoms with Crippen LogP contribution < -0.4 is 10.6 Å². The van der Waals surface area contributed by atoms with E-state index in [1.165, 1.54) is 22.5 Å². The normalized spacial score (nSPS) is 16.9. The monoisotopic (exact) mass is 524 g/mol. The maximum absolute atomic E-state index is 12.9. The van der Waals surface area contributed by atoms with Crippen LogP contribution in [0.1, 0.15) is 52.3 Å². The van der Waals surface area contributed by atoms with Gasteiger partial charge in [-0.2, -0.15) is 0 Å². The highest BCUT2D eigenvalue weighted by atomic mass is 32.1. The summed E-state index contributed by atoms with van der Waals surface area (Å²) in [4.78, 5) is 23.8. The number of pyridine rings is 2. The number of aryl methyl sites for hydroxylation is 2. The summed E-state index contributed by atoms with van der Waals surface area (Å²) in [6, 6.07) is 19.9. The molecule has 1 aromatic carbocycles. The van der Waals surface area contributed by atoms with Crippen LogP contribution >= 0.6 is 12.2 Å². The van der Waals surface area contributed by atoms with Crippen molar-refractivity contribution < 1.29 is 4.79 Å². The second-order valence-corrected chi connectivity index (χ2v) is 10.1. The van der Waals surface area contributed by atoms with E-state index in [1.807, 2.05) is 80.1 Å². The van der Waals surface area contributed by atoms with E-state index in [-0.39, 0.29) is 18.0 Å². The molecule has 1 amide bonds. The van der Waals surface area contributed by atoms with Gasteiger partial charge in [0, 0.05) is 55.2 Å². The Kier molecular flexibility index (Phi) is 7.51. The lowest BCUT2D eigenvalue weighted by Crippen LogP contribution is -2.33. The Bertz CT molecular complexity index is 1440. The van der Waals surface area contributed by atoms with Gasteiger partial charge in [-0.3, -0.25) is 14.8 Å². The first-order chi connectivity index (χ1) is 18.4. The fourth-order valence-electron chi connectivity index (χ4n) is 5.19. The van der Waals surface area contributed by atoms with Gasteiger partial charge < -0.3 is 20.1 Å². The highest BCUT2D eigenvalue weighted by Gasteiger charge is 2.41. The first-order valence-corrected chi connectivity index (χ1v) is 13.2. The van der Waals surface area contributed by atoms with Gasteiger partial charge in [-0.15, -0.1) is 0 Å². The van der Waals surface area contributed by atoms with Gasteiger partial charge in [-0.05, 0) is 92.1 Å². The maximum atomic E-state index is 12.9. The molecule has 0 spiro atoms. The van der Waals surface area contributed by atoms with Crippen molar-refractivity contribution in [2.45, 2.75) is 45.8 Å². The van der Waals surface area contributed by atoms with Crippen molar-refractivity contribution in [2.75, 3.05) is 11.9 Å². The van der Waals surface area contributed by atoms with E-state index in [9.17, 15) is 4.79 Å². The third-order valence-corrected chi connectivity index (χ3v) is 7.45. The molecule has 2 atom stereocenters. The fraction of sp³-hybridized carbons (Fsp3) is 0.267. The molecule has 0 bridgehead atoms. The number of hydrogen-bond donors (Lipinski definition) is 2. The molecule has 1 saturated heterocycles. The number of anilines is 1. The molecule has 3 aromatic heterocycles. The van der Waals surface area contributed by atoms with Crippen LogP contribution in [0.4, 0.5) is 5.69 Å². The van der Waals surface area contributed by atoms with E-state index in [0.717, 1.165) is 23.5 Å². The molecule has 7 nitrogen and oxygen atoms in total. The highest BCUT2D eigenvalue weighted by molar-refractivity contribution is 7.80. The topological polar surface area (TPSA) is 75.1 Å². The summed E-state index contributed by atoms with van der Waals surface area (Å²) >= 11 is 5.82. The van der Waals surface area contributed by atoms with Crippen molar-refractivity contribution in [1.82, 2.24) is 24.8 Å². The van der Waals surface area contributed by atoms with E-state index in [1.54, 1.807) is 0 Å². The van der Waals surface area contributed by atoms with Crippen molar-refractivity contribution in [1.29, 1.82) is 0 Å². The average Bonchev–Trinajstić information content (AvgIpc) is 3.39. The van der Waals surface area contributed by atoms with Gasteiger partial charge in [-0.1, -0.05) is 18.2 Å². The SMILES string of the molecule is Cc1cccc(NC(=O)CCN2C(=S)N[C@@H](c3ccccn3)[C@@H]2c2cc(C)n(Cc3ccncc3)c2C)c1. The molecule has 0 aliphatic carbocycles. The van der Waals surface area contributed by atoms with Gasteiger partial charge in [-0.25, -0.2) is 0 Å². The zero-order valence-corrected chi connectivity index (χ0v) is 22.7. The molecule has 0 unspecified atom stereocenters. The molecule has 0 saturated carbocycles. The van der Waals surface area contributed by atoms with Crippen LogP contribution in [0.2, 0.25) is 0 Å². The number of benzene rings is 1. The van der Waals surface area contributed by atoms with Crippen LogP contribution in [0.3, 0.4) is 0 Å². The molecule has 4 aromatic rings. The number of thiocarbonyl (C=S) groups is 1. The Morgan fingerprint density at radius 3 is 2.58 bits per heavy atom.